The van der Waals surface area contributed by atoms with Crippen LogP contribution >= 0.6 is 0 Å². The van der Waals surface area contributed by atoms with Crippen molar-refractivity contribution in [3.05, 3.63) is 0 Å². The van der Waals surface area contributed by atoms with Gasteiger partial charge in [0.05, 0.1) is 0 Å². The molecule has 1 aliphatic carbocycles. The van der Waals surface area contributed by atoms with Gasteiger partial charge < -0.3 is 10.4 Å². The summed E-state index contributed by atoms with van der Waals surface area (Å²) in [6.07, 6.45) is 3.71. The Hall–Kier alpha value is -0.0800. The van der Waals surface area contributed by atoms with E-state index in [2.05, 4.69) is 5.32 Å². The summed E-state index contributed by atoms with van der Waals surface area (Å²) in [4.78, 5) is 0. The number of hydrogen-bond acceptors (Lipinski definition) is 2. The molecule has 54 valence electrons. The molecule has 0 aromatic carbocycles. The van der Waals surface area contributed by atoms with Crippen LogP contribution in [0.15, 0.2) is 0 Å². The van der Waals surface area contributed by atoms with E-state index in [9.17, 15) is 0 Å². The molecule has 0 amide bonds. The second kappa shape index (κ2) is 3.18. The van der Waals surface area contributed by atoms with Gasteiger partial charge in [-0.3, -0.25) is 0 Å². The fraction of sp³-hybridized carbons (Fsp3) is 1.00. The van der Waals surface area contributed by atoms with Crippen molar-refractivity contribution in [1.29, 1.82) is 0 Å². The van der Waals surface area contributed by atoms with Gasteiger partial charge in [0.25, 0.3) is 0 Å². The van der Waals surface area contributed by atoms with Gasteiger partial charge >= 0.3 is 0 Å². The average molecular weight is 129 g/mol. The van der Waals surface area contributed by atoms with Crippen LogP contribution in [0, 0.1) is 5.92 Å². The van der Waals surface area contributed by atoms with Gasteiger partial charge in [-0.15, -0.1) is 0 Å². The molecule has 1 saturated carbocycles. The molecule has 0 aromatic heterocycles. The van der Waals surface area contributed by atoms with Crippen LogP contribution in [0.3, 0.4) is 0 Å². The first-order valence-electron chi connectivity index (χ1n) is 3.66. The summed E-state index contributed by atoms with van der Waals surface area (Å²) < 4.78 is 0. The minimum absolute atomic E-state index is 0.353. The Morgan fingerprint density at radius 1 is 1.56 bits per heavy atom. The zero-order valence-electron chi connectivity index (χ0n) is 5.93. The summed E-state index contributed by atoms with van der Waals surface area (Å²) in [5, 5.41) is 12.0. The Balaban J connectivity index is 2.32. The molecule has 0 bridgehead atoms. The van der Waals surface area contributed by atoms with Crippen LogP contribution in [0.2, 0.25) is 0 Å². The van der Waals surface area contributed by atoms with E-state index in [-0.39, 0.29) is 0 Å². The van der Waals surface area contributed by atoms with Gasteiger partial charge in [-0.25, -0.2) is 0 Å². The molecular formula is C7H15NO. The second-order valence-corrected chi connectivity index (χ2v) is 2.77. The quantitative estimate of drug-likeness (QED) is 0.564. The Kier molecular flexibility index (Phi) is 2.49. The lowest BCUT2D eigenvalue weighted by atomic mass is 10.1. The number of aliphatic hydroxyl groups is 1. The third-order valence-corrected chi connectivity index (χ3v) is 2.26. The summed E-state index contributed by atoms with van der Waals surface area (Å²) in [7, 11) is 1.97. The standard InChI is InChI=1S/C7H15NO/c1-8-7-4-2-3-6(7)5-9/h6-9H,2-5H2,1H3/t6-,7?/m1/s1. The minimum atomic E-state index is 0.353. The number of nitrogens with one attached hydrogen (secondary N) is 1. The van der Waals surface area contributed by atoms with Crippen LogP contribution in [-0.4, -0.2) is 24.8 Å². The Morgan fingerprint density at radius 2 is 2.33 bits per heavy atom. The van der Waals surface area contributed by atoms with Crippen molar-refractivity contribution in [3.8, 4) is 0 Å². The fourth-order valence-corrected chi connectivity index (χ4v) is 1.64. The van der Waals surface area contributed by atoms with E-state index in [1.54, 1.807) is 0 Å². The molecule has 0 saturated heterocycles. The molecule has 2 heteroatoms. The van der Waals surface area contributed by atoms with Gasteiger partial charge in [0.15, 0.2) is 0 Å². The first kappa shape index (κ1) is 7.03. The SMILES string of the molecule is CNC1CCC[C@@H]1CO. The summed E-state index contributed by atoms with van der Waals surface area (Å²) in [5.74, 6) is 0.523. The third kappa shape index (κ3) is 1.43. The van der Waals surface area contributed by atoms with E-state index in [1.807, 2.05) is 7.05 Å². The van der Waals surface area contributed by atoms with Crippen molar-refractivity contribution in [3.63, 3.8) is 0 Å². The lowest BCUT2D eigenvalue weighted by molar-refractivity contribution is 0.209. The van der Waals surface area contributed by atoms with E-state index in [0.29, 0.717) is 18.6 Å². The molecule has 0 aliphatic heterocycles. The van der Waals surface area contributed by atoms with E-state index < -0.39 is 0 Å². The topological polar surface area (TPSA) is 32.3 Å². The van der Waals surface area contributed by atoms with Gasteiger partial charge in [-0.1, -0.05) is 6.42 Å². The number of hydrogen-bond donors (Lipinski definition) is 2. The van der Waals surface area contributed by atoms with Gasteiger partial charge in [0.1, 0.15) is 0 Å². The van der Waals surface area contributed by atoms with Crippen LogP contribution in [-0.2, 0) is 0 Å². The van der Waals surface area contributed by atoms with Crippen molar-refractivity contribution in [2.24, 2.45) is 5.92 Å². The van der Waals surface area contributed by atoms with E-state index in [0.717, 1.165) is 0 Å². The first-order chi connectivity index (χ1) is 4.38. The summed E-state index contributed by atoms with van der Waals surface area (Å²) in [5.41, 5.74) is 0. The molecule has 0 aromatic rings. The van der Waals surface area contributed by atoms with Gasteiger partial charge in [-0.05, 0) is 25.8 Å². The van der Waals surface area contributed by atoms with Crippen LogP contribution in [0.1, 0.15) is 19.3 Å². The zero-order chi connectivity index (χ0) is 6.69. The number of aliphatic hydroxyl groups excluding tert-OH is 1. The van der Waals surface area contributed by atoms with Gasteiger partial charge in [0, 0.05) is 12.6 Å². The highest BCUT2D eigenvalue weighted by Gasteiger charge is 2.24. The molecule has 9 heavy (non-hydrogen) atoms. The van der Waals surface area contributed by atoms with Crippen molar-refractivity contribution >= 4 is 0 Å². The molecule has 1 unspecified atom stereocenters. The summed E-state index contributed by atoms with van der Waals surface area (Å²) in [6.45, 7) is 0.353. The monoisotopic (exact) mass is 129 g/mol. The first-order valence-corrected chi connectivity index (χ1v) is 3.66. The van der Waals surface area contributed by atoms with Crippen molar-refractivity contribution in [1.82, 2.24) is 5.32 Å². The average Bonchev–Trinajstić information content (AvgIpc) is 2.33. The van der Waals surface area contributed by atoms with Crippen molar-refractivity contribution in [2.45, 2.75) is 25.3 Å². The highest BCUT2D eigenvalue weighted by Crippen LogP contribution is 2.24. The smallest absolute Gasteiger partial charge is 0.0474 e. The molecule has 2 N–H and O–H groups in total. The van der Waals surface area contributed by atoms with Crippen LogP contribution in [0.25, 0.3) is 0 Å². The zero-order valence-corrected chi connectivity index (χ0v) is 5.93. The fourth-order valence-electron chi connectivity index (χ4n) is 1.64. The maximum Gasteiger partial charge on any atom is 0.0474 e. The lowest BCUT2D eigenvalue weighted by Crippen LogP contribution is -2.30. The predicted octanol–water partition coefficient (Wildman–Crippen LogP) is 0.367. The molecule has 1 aliphatic rings. The molecule has 0 radical (unpaired) electrons. The normalized spacial score (nSPS) is 35.3. The van der Waals surface area contributed by atoms with Crippen LogP contribution in [0.5, 0.6) is 0 Å². The Morgan fingerprint density at radius 3 is 2.78 bits per heavy atom. The molecule has 1 fully saturated rings. The highest BCUT2D eigenvalue weighted by molar-refractivity contribution is 4.80. The maximum absolute atomic E-state index is 8.83. The Labute approximate surface area is 56.3 Å². The third-order valence-electron chi connectivity index (χ3n) is 2.26. The Bertz CT molecular complexity index is 75.0. The lowest BCUT2D eigenvalue weighted by Gasteiger charge is -2.15. The van der Waals surface area contributed by atoms with Crippen molar-refractivity contribution < 1.29 is 5.11 Å². The summed E-state index contributed by atoms with van der Waals surface area (Å²) in [6, 6.07) is 0.579. The van der Waals surface area contributed by atoms with E-state index >= 15 is 0 Å². The molecule has 2 nitrogen and oxygen atoms in total. The van der Waals surface area contributed by atoms with Crippen molar-refractivity contribution in [2.75, 3.05) is 13.7 Å². The largest absolute Gasteiger partial charge is 0.396 e. The maximum atomic E-state index is 8.83. The van der Waals surface area contributed by atoms with E-state index in [1.165, 1.54) is 19.3 Å². The molecule has 1 rings (SSSR count). The second-order valence-electron chi connectivity index (χ2n) is 2.77. The van der Waals surface area contributed by atoms with Gasteiger partial charge in [0.2, 0.25) is 0 Å². The number of rotatable bonds is 2. The van der Waals surface area contributed by atoms with Gasteiger partial charge in [-0.2, -0.15) is 0 Å². The summed E-state index contributed by atoms with van der Waals surface area (Å²) >= 11 is 0. The molecular weight excluding hydrogens is 114 g/mol. The van der Waals surface area contributed by atoms with Crippen LogP contribution < -0.4 is 5.32 Å². The van der Waals surface area contributed by atoms with E-state index in [4.69, 9.17) is 5.11 Å². The minimum Gasteiger partial charge on any atom is -0.396 e. The highest BCUT2D eigenvalue weighted by atomic mass is 16.3. The molecule has 2 atom stereocenters. The predicted molar refractivity (Wildman–Crippen MR) is 37.3 cm³/mol. The molecule has 0 heterocycles. The van der Waals surface area contributed by atoms with Crippen LogP contribution in [0.4, 0.5) is 0 Å². The molecule has 0 spiro atoms.